The van der Waals surface area contributed by atoms with Crippen molar-refractivity contribution in [1.82, 2.24) is 24.9 Å². The van der Waals surface area contributed by atoms with Gasteiger partial charge in [-0.2, -0.15) is 15.0 Å². The summed E-state index contributed by atoms with van der Waals surface area (Å²) in [5.74, 6) is 0.876. The Hall–Kier alpha value is -3.29. The first-order valence-corrected chi connectivity index (χ1v) is 10.2. The van der Waals surface area contributed by atoms with Gasteiger partial charge in [-0.1, -0.05) is 0 Å². The molecule has 2 aliphatic heterocycles. The van der Waals surface area contributed by atoms with E-state index in [4.69, 9.17) is 0 Å². The van der Waals surface area contributed by atoms with Gasteiger partial charge in [0.2, 0.25) is 0 Å². The van der Waals surface area contributed by atoms with Crippen LogP contribution in [0.5, 0.6) is 0 Å². The third kappa shape index (κ3) is 3.22. The van der Waals surface area contributed by atoms with Crippen LogP contribution < -0.4 is 4.90 Å². The molecule has 1 amide bonds. The molecule has 2 atom stereocenters. The summed E-state index contributed by atoms with van der Waals surface area (Å²) in [4.78, 5) is 23.5. The number of carbonyl (C=O) groups excluding carboxylic acids is 1. The number of likely N-dealkylation sites (tertiary alicyclic amines) is 1. The van der Waals surface area contributed by atoms with Gasteiger partial charge in [0.05, 0.1) is 29.7 Å². The first kappa shape index (κ1) is 18.7. The van der Waals surface area contributed by atoms with E-state index in [9.17, 15) is 9.18 Å². The SMILES string of the molecule is Cc1cc(C)nc(N2CC3CCN(C(=O)c4cc(F)ccc4-n4nccn4)CC32)c1. The molecule has 8 heteroatoms. The molecule has 0 radical (unpaired) electrons. The maximum absolute atomic E-state index is 14.0. The number of rotatable bonds is 3. The number of aryl methyl sites for hydroxylation is 2. The highest BCUT2D eigenvalue weighted by Gasteiger charge is 2.44. The van der Waals surface area contributed by atoms with Crippen LogP contribution in [0, 0.1) is 25.6 Å². The Kier molecular flexibility index (Phi) is 4.49. The molecule has 2 saturated heterocycles. The highest BCUT2D eigenvalue weighted by molar-refractivity contribution is 5.98. The van der Waals surface area contributed by atoms with Crippen molar-refractivity contribution in [2.24, 2.45) is 5.92 Å². The van der Waals surface area contributed by atoms with Gasteiger partial charge in [-0.3, -0.25) is 4.79 Å². The minimum atomic E-state index is -0.450. The van der Waals surface area contributed by atoms with Crippen molar-refractivity contribution < 1.29 is 9.18 Å². The summed E-state index contributed by atoms with van der Waals surface area (Å²) < 4.78 is 14.0. The highest BCUT2D eigenvalue weighted by Crippen LogP contribution is 2.36. The van der Waals surface area contributed by atoms with Crippen molar-refractivity contribution in [2.45, 2.75) is 26.3 Å². The van der Waals surface area contributed by atoms with Crippen molar-refractivity contribution in [3.63, 3.8) is 0 Å². The maximum Gasteiger partial charge on any atom is 0.256 e. The largest absolute Gasteiger partial charge is 0.351 e. The lowest BCUT2D eigenvalue weighted by molar-refractivity contribution is 0.0590. The molecular formula is C22H23FN6O. The van der Waals surface area contributed by atoms with Gasteiger partial charge in [-0.05, 0) is 56.2 Å². The molecule has 4 heterocycles. The highest BCUT2D eigenvalue weighted by atomic mass is 19.1. The summed E-state index contributed by atoms with van der Waals surface area (Å²) in [6, 6.07) is 8.53. The van der Waals surface area contributed by atoms with Gasteiger partial charge in [-0.25, -0.2) is 9.37 Å². The predicted molar refractivity (Wildman–Crippen MR) is 110 cm³/mol. The molecule has 0 spiro atoms. The van der Waals surface area contributed by atoms with E-state index in [1.54, 1.807) is 6.07 Å². The van der Waals surface area contributed by atoms with E-state index >= 15 is 0 Å². The number of hydrogen-bond donors (Lipinski definition) is 0. The molecule has 0 aliphatic carbocycles. The Labute approximate surface area is 174 Å². The third-order valence-electron chi connectivity index (χ3n) is 6.04. The quantitative estimate of drug-likeness (QED) is 0.669. The van der Waals surface area contributed by atoms with Gasteiger partial charge in [0.15, 0.2) is 0 Å². The minimum Gasteiger partial charge on any atom is -0.351 e. The smallest absolute Gasteiger partial charge is 0.256 e. The second-order valence-electron chi connectivity index (χ2n) is 8.14. The fourth-order valence-corrected chi connectivity index (χ4v) is 4.58. The Morgan fingerprint density at radius 1 is 1.10 bits per heavy atom. The summed E-state index contributed by atoms with van der Waals surface area (Å²) >= 11 is 0. The number of benzene rings is 1. The Morgan fingerprint density at radius 3 is 2.67 bits per heavy atom. The third-order valence-corrected chi connectivity index (χ3v) is 6.04. The lowest BCUT2D eigenvalue weighted by atomic mass is 9.82. The molecular weight excluding hydrogens is 383 g/mol. The Balaban J connectivity index is 1.40. The van der Waals surface area contributed by atoms with Gasteiger partial charge in [-0.15, -0.1) is 0 Å². The second kappa shape index (κ2) is 7.19. The van der Waals surface area contributed by atoms with Crippen molar-refractivity contribution >= 4 is 11.7 Å². The lowest BCUT2D eigenvalue weighted by Gasteiger charge is -2.54. The van der Waals surface area contributed by atoms with Crippen LogP contribution in [0.3, 0.4) is 0 Å². The summed E-state index contributed by atoms with van der Waals surface area (Å²) in [7, 11) is 0. The number of pyridine rings is 1. The fourth-order valence-electron chi connectivity index (χ4n) is 4.58. The maximum atomic E-state index is 14.0. The van der Waals surface area contributed by atoms with E-state index in [-0.39, 0.29) is 17.5 Å². The van der Waals surface area contributed by atoms with Gasteiger partial charge in [0, 0.05) is 31.2 Å². The molecule has 2 fully saturated rings. The van der Waals surface area contributed by atoms with Gasteiger partial charge in [0.1, 0.15) is 11.6 Å². The first-order valence-electron chi connectivity index (χ1n) is 10.2. The van der Waals surface area contributed by atoms with Crippen LogP contribution in [0.15, 0.2) is 42.7 Å². The number of hydrogen-bond acceptors (Lipinski definition) is 5. The van der Waals surface area contributed by atoms with Crippen LogP contribution >= 0.6 is 0 Å². The molecule has 0 bridgehead atoms. The Morgan fingerprint density at radius 2 is 1.90 bits per heavy atom. The molecule has 2 aliphatic rings. The number of aromatic nitrogens is 4. The molecule has 30 heavy (non-hydrogen) atoms. The molecule has 0 N–H and O–H groups in total. The van der Waals surface area contributed by atoms with Crippen LogP contribution in [0.4, 0.5) is 10.2 Å². The lowest BCUT2D eigenvalue weighted by Crippen LogP contribution is -2.65. The van der Waals surface area contributed by atoms with E-state index in [1.165, 1.54) is 34.9 Å². The number of nitrogens with zero attached hydrogens (tertiary/aromatic N) is 6. The van der Waals surface area contributed by atoms with Crippen molar-refractivity contribution in [3.8, 4) is 5.69 Å². The summed E-state index contributed by atoms with van der Waals surface area (Å²) in [6.45, 7) is 6.29. The fraction of sp³-hybridized carbons (Fsp3) is 0.364. The summed E-state index contributed by atoms with van der Waals surface area (Å²) in [6.07, 6.45) is 4.00. The zero-order chi connectivity index (χ0) is 20.8. The standard InChI is InChI=1S/C22H23FN6O/c1-14-9-15(2)26-21(10-14)28-12-16-5-8-27(13-20(16)28)22(30)18-11-17(23)3-4-19(18)29-24-6-7-25-29/h3-4,6-7,9-11,16,20H,5,8,12-13H2,1-2H3. The zero-order valence-corrected chi connectivity index (χ0v) is 17.0. The number of halogens is 1. The summed E-state index contributed by atoms with van der Waals surface area (Å²) in [5.41, 5.74) is 2.93. The van der Waals surface area contributed by atoms with Crippen LogP contribution in [-0.4, -0.2) is 56.5 Å². The van der Waals surface area contributed by atoms with Crippen LogP contribution in [-0.2, 0) is 0 Å². The number of piperidine rings is 1. The number of fused-ring (bicyclic) bond motifs is 1. The first-order chi connectivity index (χ1) is 14.5. The van der Waals surface area contributed by atoms with Crippen LogP contribution in [0.1, 0.15) is 28.0 Å². The van der Waals surface area contributed by atoms with Gasteiger partial charge in [0.25, 0.3) is 5.91 Å². The molecule has 1 aromatic carbocycles. The van der Waals surface area contributed by atoms with E-state index in [0.29, 0.717) is 24.7 Å². The van der Waals surface area contributed by atoms with E-state index in [0.717, 1.165) is 24.5 Å². The van der Waals surface area contributed by atoms with E-state index in [1.807, 2.05) is 11.8 Å². The van der Waals surface area contributed by atoms with Crippen LogP contribution in [0.2, 0.25) is 0 Å². The van der Waals surface area contributed by atoms with Crippen molar-refractivity contribution in [3.05, 3.63) is 65.4 Å². The minimum absolute atomic E-state index is 0.194. The molecule has 3 aromatic rings. The molecule has 154 valence electrons. The molecule has 0 saturated carbocycles. The van der Waals surface area contributed by atoms with Crippen molar-refractivity contribution in [2.75, 3.05) is 24.5 Å². The average Bonchev–Trinajstić information content (AvgIpc) is 3.22. The van der Waals surface area contributed by atoms with Crippen LogP contribution in [0.25, 0.3) is 5.69 Å². The topological polar surface area (TPSA) is 67.2 Å². The zero-order valence-electron chi connectivity index (χ0n) is 17.0. The second-order valence-corrected chi connectivity index (χ2v) is 8.14. The average molecular weight is 406 g/mol. The number of anilines is 1. The number of carbonyl (C=O) groups is 1. The van der Waals surface area contributed by atoms with E-state index < -0.39 is 5.82 Å². The Bertz CT molecular complexity index is 1080. The molecule has 7 nitrogen and oxygen atoms in total. The van der Waals surface area contributed by atoms with Gasteiger partial charge >= 0.3 is 0 Å². The predicted octanol–water partition coefficient (Wildman–Crippen LogP) is 2.77. The molecule has 2 unspecified atom stereocenters. The number of amides is 1. The monoisotopic (exact) mass is 406 g/mol. The van der Waals surface area contributed by atoms with E-state index in [2.05, 4.69) is 39.1 Å². The molecule has 5 rings (SSSR count). The summed E-state index contributed by atoms with van der Waals surface area (Å²) in [5, 5.41) is 8.21. The van der Waals surface area contributed by atoms with Crippen molar-refractivity contribution in [1.29, 1.82) is 0 Å². The van der Waals surface area contributed by atoms with Gasteiger partial charge < -0.3 is 9.80 Å². The molecule has 2 aromatic heterocycles. The normalized spacial score (nSPS) is 20.6.